The molecule has 0 aliphatic carbocycles. The van der Waals surface area contributed by atoms with Crippen molar-refractivity contribution in [2.24, 2.45) is 0 Å². The van der Waals surface area contributed by atoms with Crippen molar-refractivity contribution in [3.05, 3.63) is 59.7 Å². The summed E-state index contributed by atoms with van der Waals surface area (Å²) in [5, 5.41) is 0.847. The molecule has 0 aromatic heterocycles. The van der Waals surface area contributed by atoms with Crippen LogP contribution in [0.1, 0.15) is 41.6 Å². The van der Waals surface area contributed by atoms with E-state index in [0.29, 0.717) is 6.42 Å². The average molecular weight is 459 g/mol. The predicted octanol–water partition coefficient (Wildman–Crippen LogP) is 5.79. The summed E-state index contributed by atoms with van der Waals surface area (Å²) in [6.07, 6.45) is -2.08. The Labute approximate surface area is 168 Å². The molecule has 2 aromatic carbocycles. The van der Waals surface area contributed by atoms with Crippen LogP contribution in [0.2, 0.25) is 0 Å². The zero-order valence-corrected chi connectivity index (χ0v) is 16.4. The summed E-state index contributed by atoms with van der Waals surface area (Å²) in [6, 6.07) is 10.2. The number of para-hydroxylation sites is 2. The number of benzene rings is 2. The Hall–Kier alpha value is -2.35. The summed E-state index contributed by atoms with van der Waals surface area (Å²) >= 11 is 3.30. The Morgan fingerprint density at radius 1 is 0.857 bits per heavy atom. The third-order valence-corrected chi connectivity index (χ3v) is 4.30. The molecule has 0 N–H and O–H groups in total. The molecule has 0 aliphatic rings. The van der Waals surface area contributed by atoms with Gasteiger partial charge in [0.2, 0.25) is 0 Å². The maximum Gasteiger partial charge on any atom is 0.417 e. The lowest BCUT2D eigenvalue weighted by molar-refractivity contribution is -0.138. The minimum atomic E-state index is -4.70. The lowest BCUT2D eigenvalue weighted by Gasteiger charge is -2.13. The monoisotopic (exact) mass is 458 g/mol. The molecule has 0 radical (unpaired) electrons. The fourth-order valence-corrected chi connectivity index (χ4v) is 2.79. The fraction of sp³-hybridized carbons (Fsp3) is 0.300. The minimum absolute atomic E-state index is 0.0224. The fourth-order valence-electron chi connectivity index (χ4n) is 2.40. The number of alkyl halides is 4. The Morgan fingerprint density at radius 3 is 2.11 bits per heavy atom. The molecule has 0 heterocycles. The third-order valence-electron chi connectivity index (χ3n) is 3.74. The van der Waals surface area contributed by atoms with E-state index >= 15 is 0 Å². The van der Waals surface area contributed by atoms with Gasteiger partial charge in [-0.15, -0.1) is 0 Å². The summed E-state index contributed by atoms with van der Waals surface area (Å²) in [7, 11) is 0. The molecule has 0 spiro atoms. The molecule has 0 bridgehead atoms. The zero-order valence-electron chi connectivity index (χ0n) is 14.8. The number of unbranched alkanes of at least 4 members (excludes halogenated alkanes) is 2. The van der Waals surface area contributed by atoms with Crippen LogP contribution in [-0.2, 0) is 11.0 Å². The first-order valence-corrected chi connectivity index (χ1v) is 9.69. The molecule has 0 unspecified atom stereocenters. The van der Waals surface area contributed by atoms with E-state index in [1.54, 1.807) is 6.07 Å². The highest BCUT2D eigenvalue weighted by atomic mass is 79.9. The summed E-state index contributed by atoms with van der Waals surface area (Å²) in [5.41, 5.74) is -1.72. The summed E-state index contributed by atoms with van der Waals surface area (Å²) in [5.74, 6) is -1.84. The van der Waals surface area contributed by atoms with Crippen molar-refractivity contribution in [2.75, 3.05) is 5.33 Å². The Balaban J connectivity index is 2.11. The van der Waals surface area contributed by atoms with Crippen molar-refractivity contribution in [3.63, 3.8) is 0 Å². The number of rotatable bonds is 8. The van der Waals surface area contributed by atoms with Crippen molar-refractivity contribution in [1.82, 2.24) is 0 Å². The predicted molar refractivity (Wildman–Crippen MR) is 101 cm³/mol. The van der Waals surface area contributed by atoms with Crippen molar-refractivity contribution in [1.29, 1.82) is 0 Å². The van der Waals surface area contributed by atoms with Crippen molar-refractivity contribution in [3.8, 4) is 11.5 Å². The highest BCUT2D eigenvalue weighted by Gasteiger charge is 2.35. The SMILES string of the molecule is O=C(CCCCCBr)Oc1ccccc1OC(=O)c1ccccc1C(F)(F)F. The third kappa shape index (κ3) is 6.37. The van der Waals surface area contributed by atoms with E-state index in [1.807, 2.05) is 0 Å². The van der Waals surface area contributed by atoms with E-state index in [-0.39, 0.29) is 17.9 Å². The molecule has 4 nitrogen and oxygen atoms in total. The zero-order chi connectivity index (χ0) is 20.6. The van der Waals surface area contributed by atoms with Gasteiger partial charge in [0.15, 0.2) is 11.5 Å². The summed E-state index contributed by atoms with van der Waals surface area (Å²) < 4.78 is 49.6. The number of carbonyl (C=O) groups excluding carboxylic acids is 2. The van der Waals surface area contributed by atoms with Gasteiger partial charge in [-0.05, 0) is 37.1 Å². The molecule has 2 rings (SSSR count). The minimum Gasteiger partial charge on any atom is -0.423 e. The topological polar surface area (TPSA) is 52.6 Å². The van der Waals surface area contributed by atoms with E-state index < -0.39 is 29.2 Å². The van der Waals surface area contributed by atoms with Crippen LogP contribution in [0.5, 0.6) is 11.5 Å². The van der Waals surface area contributed by atoms with Crippen LogP contribution in [0.3, 0.4) is 0 Å². The normalized spacial score (nSPS) is 11.1. The number of hydrogen-bond donors (Lipinski definition) is 0. The molecule has 0 aliphatic heterocycles. The van der Waals surface area contributed by atoms with Crippen LogP contribution in [0.25, 0.3) is 0 Å². The van der Waals surface area contributed by atoms with Gasteiger partial charge >= 0.3 is 18.1 Å². The van der Waals surface area contributed by atoms with Gasteiger partial charge in [-0.25, -0.2) is 4.79 Å². The van der Waals surface area contributed by atoms with Gasteiger partial charge in [0, 0.05) is 11.8 Å². The van der Waals surface area contributed by atoms with Gasteiger partial charge in [-0.3, -0.25) is 4.79 Å². The molecular weight excluding hydrogens is 441 g/mol. The van der Waals surface area contributed by atoms with Crippen molar-refractivity contribution in [2.45, 2.75) is 31.9 Å². The second-order valence-electron chi connectivity index (χ2n) is 5.85. The van der Waals surface area contributed by atoms with E-state index in [4.69, 9.17) is 9.47 Å². The smallest absolute Gasteiger partial charge is 0.417 e. The van der Waals surface area contributed by atoms with Gasteiger partial charge in [0.25, 0.3) is 0 Å². The molecule has 0 fully saturated rings. The highest BCUT2D eigenvalue weighted by molar-refractivity contribution is 9.09. The molecule has 0 atom stereocenters. The lowest BCUT2D eigenvalue weighted by Crippen LogP contribution is -2.17. The van der Waals surface area contributed by atoms with E-state index in [2.05, 4.69) is 15.9 Å². The van der Waals surface area contributed by atoms with Gasteiger partial charge in [-0.1, -0.05) is 46.6 Å². The Kier molecular flexibility index (Phi) is 8.04. The van der Waals surface area contributed by atoms with Gasteiger partial charge < -0.3 is 9.47 Å². The maximum absolute atomic E-state index is 13.1. The number of carbonyl (C=O) groups is 2. The van der Waals surface area contributed by atoms with Crippen LogP contribution in [-0.4, -0.2) is 17.3 Å². The second-order valence-corrected chi connectivity index (χ2v) is 6.65. The van der Waals surface area contributed by atoms with E-state index in [9.17, 15) is 22.8 Å². The summed E-state index contributed by atoms with van der Waals surface area (Å²) in [4.78, 5) is 24.2. The second kappa shape index (κ2) is 10.3. The van der Waals surface area contributed by atoms with Gasteiger partial charge in [0.05, 0.1) is 11.1 Å². The standard InChI is InChI=1S/C20H18BrF3O4/c21-13-7-1-2-12-18(25)27-16-10-5-6-11-17(16)28-19(26)14-8-3-4-9-15(14)20(22,23)24/h3-6,8-11H,1-2,7,12-13H2. The quantitative estimate of drug-likeness (QED) is 0.217. The molecule has 0 saturated heterocycles. The van der Waals surface area contributed by atoms with Crippen LogP contribution >= 0.6 is 15.9 Å². The molecular formula is C20H18BrF3O4. The average Bonchev–Trinajstić information content (AvgIpc) is 2.66. The highest BCUT2D eigenvalue weighted by Crippen LogP contribution is 2.33. The first-order chi connectivity index (χ1) is 13.3. The van der Waals surface area contributed by atoms with Crippen molar-refractivity contribution >= 4 is 27.9 Å². The molecule has 150 valence electrons. The largest absolute Gasteiger partial charge is 0.423 e. The van der Waals surface area contributed by atoms with E-state index in [1.165, 1.54) is 30.3 Å². The first kappa shape index (κ1) is 21.9. The van der Waals surface area contributed by atoms with Crippen LogP contribution in [0.4, 0.5) is 13.2 Å². The lowest BCUT2D eigenvalue weighted by atomic mass is 10.1. The first-order valence-electron chi connectivity index (χ1n) is 8.57. The number of esters is 2. The van der Waals surface area contributed by atoms with Crippen molar-refractivity contribution < 1.29 is 32.2 Å². The Morgan fingerprint density at radius 2 is 1.46 bits per heavy atom. The van der Waals surface area contributed by atoms with Gasteiger partial charge in [0.1, 0.15) is 0 Å². The summed E-state index contributed by atoms with van der Waals surface area (Å²) in [6.45, 7) is 0. The molecule has 8 heteroatoms. The van der Waals surface area contributed by atoms with Crippen LogP contribution < -0.4 is 9.47 Å². The van der Waals surface area contributed by atoms with Gasteiger partial charge in [-0.2, -0.15) is 13.2 Å². The molecule has 0 amide bonds. The van der Waals surface area contributed by atoms with E-state index in [0.717, 1.165) is 30.3 Å². The number of halogens is 4. The van der Waals surface area contributed by atoms with Crippen LogP contribution in [0, 0.1) is 0 Å². The molecule has 28 heavy (non-hydrogen) atoms. The number of ether oxygens (including phenoxy) is 2. The number of hydrogen-bond acceptors (Lipinski definition) is 4. The Bertz CT molecular complexity index is 821. The maximum atomic E-state index is 13.1. The van der Waals surface area contributed by atoms with Crippen LogP contribution in [0.15, 0.2) is 48.5 Å². The molecule has 0 saturated carbocycles. The molecule has 2 aromatic rings.